The molecule has 0 spiro atoms. The lowest BCUT2D eigenvalue weighted by atomic mass is 10.0. The minimum atomic E-state index is 1.31. The molecule has 1 N–H and O–H groups in total. The lowest BCUT2D eigenvalue weighted by Crippen LogP contribution is -1.74. The van der Waals surface area contributed by atoms with E-state index in [2.05, 4.69) is 70.9 Å². The molecule has 92 valence electrons. The van der Waals surface area contributed by atoms with Crippen LogP contribution in [0.2, 0.25) is 0 Å². The van der Waals surface area contributed by atoms with E-state index >= 15 is 0 Å². The first-order valence-electron chi connectivity index (χ1n) is 6.25. The number of hydrogen-bond donors (Lipinski definition) is 1. The van der Waals surface area contributed by atoms with Crippen molar-refractivity contribution in [3.8, 4) is 0 Å². The van der Waals surface area contributed by atoms with Gasteiger partial charge in [-0.15, -0.1) is 0 Å². The van der Waals surface area contributed by atoms with Gasteiger partial charge in [0.15, 0.2) is 0 Å². The van der Waals surface area contributed by atoms with Gasteiger partial charge in [-0.05, 0) is 39.7 Å². The number of aromatic nitrogens is 2. The van der Waals surface area contributed by atoms with Crippen molar-refractivity contribution >= 4 is 21.5 Å². The number of benzene rings is 3. The van der Waals surface area contributed by atoms with Gasteiger partial charge in [0, 0.05) is 12.4 Å². The summed E-state index contributed by atoms with van der Waals surface area (Å²) in [6, 6.07) is 23.3. The third-order valence-corrected chi connectivity index (χ3v) is 3.02. The van der Waals surface area contributed by atoms with Gasteiger partial charge in [-0.3, -0.25) is 5.10 Å². The molecule has 19 heavy (non-hydrogen) atoms. The van der Waals surface area contributed by atoms with E-state index in [1.54, 1.807) is 12.4 Å². The maximum Gasteiger partial charge on any atom is 0.0487 e. The van der Waals surface area contributed by atoms with Gasteiger partial charge in [-0.2, -0.15) is 5.10 Å². The van der Waals surface area contributed by atoms with E-state index < -0.39 is 0 Å². The molecule has 3 aromatic carbocycles. The number of rotatable bonds is 0. The van der Waals surface area contributed by atoms with Crippen LogP contribution in [0.5, 0.6) is 0 Å². The molecule has 0 amide bonds. The van der Waals surface area contributed by atoms with E-state index in [1.807, 2.05) is 6.07 Å². The monoisotopic (exact) mass is 246 g/mol. The number of aromatic amines is 1. The lowest BCUT2D eigenvalue weighted by Gasteiger charge is -2.00. The van der Waals surface area contributed by atoms with Crippen LogP contribution >= 0.6 is 0 Å². The van der Waals surface area contributed by atoms with Gasteiger partial charge in [0.05, 0.1) is 0 Å². The second-order valence-electron chi connectivity index (χ2n) is 4.31. The molecule has 0 radical (unpaired) electrons. The van der Waals surface area contributed by atoms with E-state index in [1.165, 1.54) is 21.5 Å². The van der Waals surface area contributed by atoms with Crippen molar-refractivity contribution < 1.29 is 0 Å². The fraction of sp³-hybridized carbons (Fsp3) is 0. The molecule has 4 rings (SSSR count). The molecule has 0 bridgehead atoms. The molecular weight excluding hydrogens is 232 g/mol. The number of nitrogens with zero attached hydrogens (tertiary/aromatic N) is 1. The zero-order valence-corrected chi connectivity index (χ0v) is 10.5. The zero-order valence-electron chi connectivity index (χ0n) is 10.5. The molecule has 1 aromatic heterocycles. The highest BCUT2D eigenvalue weighted by molar-refractivity contribution is 5.98. The minimum Gasteiger partial charge on any atom is -0.286 e. The summed E-state index contributed by atoms with van der Waals surface area (Å²) in [6.45, 7) is 0. The van der Waals surface area contributed by atoms with Crippen LogP contribution in [-0.2, 0) is 0 Å². The van der Waals surface area contributed by atoms with Crippen molar-refractivity contribution in [2.24, 2.45) is 0 Å². The summed E-state index contributed by atoms with van der Waals surface area (Å²) in [5.41, 5.74) is 0. The maximum absolute atomic E-state index is 3.60. The second kappa shape index (κ2) is 5.36. The van der Waals surface area contributed by atoms with Crippen LogP contribution in [0.3, 0.4) is 0 Å². The molecule has 4 aromatic rings. The minimum absolute atomic E-state index is 1.31. The molecule has 0 unspecified atom stereocenters. The first-order valence-corrected chi connectivity index (χ1v) is 6.25. The smallest absolute Gasteiger partial charge is 0.0487 e. The molecular formula is C17H14N2. The van der Waals surface area contributed by atoms with Crippen molar-refractivity contribution in [2.75, 3.05) is 0 Å². The van der Waals surface area contributed by atoms with E-state index in [0.717, 1.165) is 0 Å². The summed E-state index contributed by atoms with van der Waals surface area (Å²) >= 11 is 0. The highest BCUT2D eigenvalue weighted by atomic mass is 15.1. The van der Waals surface area contributed by atoms with Crippen LogP contribution < -0.4 is 0 Å². The molecule has 1 heterocycles. The largest absolute Gasteiger partial charge is 0.286 e. The molecule has 0 aliphatic heterocycles. The summed E-state index contributed by atoms with van der Waals surface area (Å²) in [5, 5.41) is 11.5. The van der Waals surface area contributed by atoms with Crippen molar-refractivity contribution in [2.45, 2.75) is 0 Å². The van der Waals surface area contributed by atoms with Gasteiger partial charge in [-0.1, -0.05) is 48.5 Å². The van der Waals surface area contributed by atoms with Gasteiger partial charge >= 0.3 is 0 Å². The van der Waals surface area contributed by atoms with Gasteiger partial charge in [0.1, 0.15) is 0 Å². The Morgan fingerprint density at radius 1 is 0.632 bits per heavy atom. The predicted molar refractivity (Wildman–Crippen MR) is 80.0 cm³/mol. The summed E-state index contributed by atoms with van der Waals surface area (Å²) in [4.78, 5) is 0. The Bertz CT molecular complexity index is 651. The Morgan fingerprint density at radius 2 is 1.11 bits per heavy atom. The molecule has 0 saturated carbocycles. The maximum atomic E-state index is 3.60. The first-order chi connectivity index (χ1) is 9.43. The lowest BCUT2D eigenvalue weighted by molar-refractivity contribution is 1.09. The van der Waals surface area contributed by atoms with Crippen LogP contribution in [0.1, 0.15) is 0 Å². The van der Waals surface area contributed by atoms with E-state index in [9.17, 15) is 0 Å². The average Bonchev–Trinajstić information content (AvgIpc) is 3.04. The Hall–Kier alpha value is -2.61. The SMILES string of the molecule is c1ccc2cc3ccccc3cc2c1.c1cn[nH]c1. The van der Waals surface area contributed by atoms with Crippen LogP contribution in [-0.4, -0.2) is 10.2 Å². The number of H-pyrrole nitrogens is 1. The van der Waals surface area contributed by atoms with Crippen LogP contribution in [0.25, 0.3) is 21.5 Å². The Morgan fingerprint density at radius 3 is 1.37 bits per heavy atom. The third kappa shape index (κ3) is 2.63. The standard InChI is InChI=1S/C14H10.C3H4N2/c1-2-6-12-10-14-8-4-3-7-13(14)9-11(12)5-1;1-2-4-5-3-1/h1-10H;1-3H,(H,4,5). The van der Waals surface area contributed by atoms with Crippen LogP contribution in [0.4, 0.5) is 0 Å². The van der Waals surface area contributed by atoms with Crippen molar-refractivity contribution in [3.63, 3.8) is 0 Å². The normalized spacial score (nSPS) is 10.1. The number of fused-ring (bicyclic) bond motifs is 2. The summed E-state index contributed by atoms with van der Waals surface area (Å²) < 4.78 is 0. The van der Waals surface area contributed by atoms with Gasteiger partial charge in [0.25, 0.3) is 0 Å². The molecule has 0 atom stereocenters. The topological polar surface area (TPSA) is 28.7 Å². The summed E-state index contributed by atoms with van der Waals surface area (Å²) in [7, 11) is 0. The number of nitrogens with one attached hydrogen (secondary N) is 1. The van der Waals surface area contributed by atoms with E-state index in [4.69, 9.17) is 0 Å². The van der Waals surface area contributed by atoms with Crippen molar-refractivity contribution in [1.29, 1.82) is 0 Å². The molecule has 0 fully saturated rings. The van der Waals surface area contributed by atoms with Crippen molar-refractivity contribution in [1.82, 2.24) is 10.2 Å². The average molecular weight is 246 g/mol. The fourth-order valence-electron chi connectivity index (χ4n) is 2.10. The molecule has 0 saturated heterocycles. The quantitative estimate of drug-likeness (QED) is 0.458. The molecule has 0 aliphatic carbocycles. The summed E-state index contributed by atoms with van der Waals surface area (Å²) in [6.07, 6.45) is 3.46. The number of hydrogen-bond acceptors (Lipinski definition) is 1. The first kappa shape index (κ1) is 11.5. The van der Waals surface area contributed by atoms with Crippen LogP contribution in [0.15, 0.2) is 79.1 Å². The van der Waals surface area contributed by atoms with Gasteiger partial charge in [-0.25, -0.2) is 0 Å². The van der Waals surface area contributed by atoms with Crippen molar-refractivity contribution in [3.05, 3.63) is 79.1 Å². The van der Waals surface area contributed by atoms with E-state index in [0.29, 0.717) is 0 Å². The molecule has 2 heteroatoms. The predicted octanol–water partition coefficient (Wildman–Crippen LogP) is 4.40. The zero-order chi connectivity index (χ0) is 12.9. The fourth-order valence-corrected chi connectivity index (χ4v) is 2.10. The van der Waals surface area contributed by atoms with Gasteiger partial charge < -0.3 is 0 Å². The molecule has 0 aliphatic rings. The van der Waals surface area contributed by atoms with E-state index in [-0.39, 0.29) is 0 Å². The van der Waals surface area contributed by atoms with Crippen LogP contribution in [0, 0.1) is 0 Å². The third-order valence-electron chi connectivity index (χ3n) is 3.02. The summed E-state index contributed by atoms with van der Waals surface area (Å²) in [5.74, 6) is 0. The Kier molecular flexibility index (Phi) is 3.24. The highest BCUT2D eigenvalue weighted by Gasteiger charge is 1.95. The molecule has 2 nitrogen and oxygen atoms in total. The highest BCUT2D eigenvalue weighted by Crippen LogP contribution is 2.21. The Labute approximate surface area is 111 Å². The second-order valence-corrected chi connectivity index (χ2v) is 4.31. The van der Waals surface area contributed by atoms with Gasteiger partial charge in [0.2, 0.25) is 0 Å². The Balaban J connectivity index is 0.000000187.